The fourth-order valence-corrected chi connectivity index (χ4v) is 4.95. The van der Waals surface area contributed by atoms with Crippen molar-refractivity contribution >= 4 is 21.6 Å². The highest BCUT2D eigenvalue weighted by atomic mass is 32.2. The van der Waals surface area contributed by atoms with Crippen molar-refractivity contribution in [3.05, 3.63) is 89.6 Å². The minimum atomic E-state index is -3.88. The fraction of sp³-hybridized carbons (Fsp3) is 0.167. The van der Waals surface area contributed by atoms with Gasteiger partial charge in [0.2, 0.25) is 0 Å². The van der Waals surface area contributed by atoms with E-state index >= 15 is 0 Å². The SMILES string of the molecule is Cc1cc(N)nc(C)c1CCC(=O)c1ccn(S(=O)(=O)c2cccc(-c3ncccn3)c2)c1. The number of nitrogen functional groups attached to an aromatic ring is 1. The Morgan fingerprint density at radius 2 is 1.82 bits per heavy atom. The predicted octanol–water partition coefficient (Wildman–Crippen LogP) is 3.59. The monoisotopic (exact) mass is 461 g/mol. The molecule has 0 unspecified atom stereocenters. The molecule has 4 rings (SSSR count). The highest BCUT2D eigenvalue weighted by Gasteiger charge is 2.20. The van der Waals surface area contributed by atoms with Crippen LogP contribution in [0.3, 0.4) is 0 Å². The lowest BCUT2D eigenvalue weighted by molar-refractivity contribution is 0.0983. The number of hydrogen-bond acceptors (Lipinski definition) is 7. The summed E-state index contributed by atoms with van der Waals surface area (Å²) in [5.74, 6) is 0.733. The van der Waals surface area contributed by atoms with E-state index in [4.69, 9.17) is 5.73 Å². The molecular formula is C24H23N5O3S. The highest BCUT2D eigenvalue weighted by Crippen LogP contribution is 2.22. The van der Waals surface area contributed by atoms with Crippen LogP contribution in [-0.4, -0.2) is 33.1 Å². The molecular weight excluding hydrogens is 438 g/mol. The van der Waals surface area contributed by atoms with E-state index in [1.807, 2.05) is 13.8 Å². The maximum absolute atomic E-state index is 13.1. The number of anilines is 1. The first kappa shape index (κ1) is 22.3. The van der Waals surface area contributed by atoms with Gasteiger partial charge in [-0.2, -0.15) is 0 Å². The molecule has 2 N–H and O–H groups in total. The van der Waals surface area contributed by atoms with Gasteiger partial charge in [0.05, 0.1) is 4.90 Å². The molecule has 33 heavy (non-hydrogen) atoms. The quantitative estimate of drug-likeness (QED) is 0.417. The number of pyridine rings is 1. The van der Waals surface area contributed by atoms with Gasteiger partial charge in [-0.1, -0.05) is 12.1 Å². The zero-order valence-electron chi connectivity index (χ0n) is 18.3. The van der Waals surface area contributed by atoms with E-state index in [0.717, 1.165) is 20.8 Å². The fourth-order valence-electron chi connectivity index (χ4n) is 3.71. The van der Waals surface area contributed by atoms with Crippen molar-refractivity contribution in [2.24, 2.45) is 0 Å². The molecule has 0 saturated carbocycles. The molecule has 0 radical (unpaired) electrons. The molecule has 3 aromatic heterocycles. The van der Waals surface area contributed by atoms with Gasteiger partial charge in [0.15, 0.2) is 11.6 Å². The summed E-state index contributed by atoms with van der Waals surface area (Å²) in [5.41, 5.74) is 9.44. The Morgan fingerprint density at radius 1 is 1.06 bits per heavy atom. The first-order valence-corrected chi connectivity index (χ1v) is 11.8. The minimum absolute atomic E-state index is 0.0845. The van der Waals surface area contributed by atoms with Crippen LogP contribution in [-0.2, 0) is 16.4 Å². The first-order valence-electron chi connectivity index (χ1n) is 10.3. The summed E-state index contributed by atoms with van der Waals surface area (Å²) >= 11 is 0. The van der Waals surface area contributed by atoms with Crippen LogP contribution in [0.4, 0.5) is 5.82 Å². The normalized spacial score (nSPS) is 11.5. The molecule has 0 aliphatic carbocycles. The van der Waals surface area contributed by atoms with Gasteiger partial charge in [0.25, 0.3) is 10.0 Å². The van der Waals surface area contributed by atoms with Crippen molar-refractivity contribution < 1.29 is 13.2 Å². The highest BCUT2D eigenvalue weighted by molar-refractivity contribution is 7.90. The van der Waals surface area contributed by atoms with Gasteiger partial charge in [0, 0.05) is 48.0 Å². The average molecular weight is 462 g/mol. The lowest BCUT2D eigenvalue weighted by Crippen LogP contribution is -2.11. The topological polar surface area (TPSA) is 121 Å². The number of aromatic nitrogens is 4. The van der Waals surface area contributed by atoms with Crippen LogP contribution in [0.15, 0.2) is 72.1 Å². The van der Waals surface area contributed by atoms with E-state index in [1.165, 1.54) is 30.6 Å². The number of aryl methyl sites for hydroxylation is 2. The Bertz CT molecular complexity index is 1410. The molecule has 8 nitrogen and oxygen atoms in total. The molecule has 0 saturated heterocycles. The lowest BCUT2D eigenvalue weighted by Gasteiger charge is -2.09. The van der Waals surface area contributed by atoms with Crippen LogP contribution >= 0.6 is 0 Å². The second-order valence-corrected chi connectivity index (χ2v) is 9.53. The molecule has 0 aliphatic heterocycles. The van der Waals surface area contributed by atoms with E-state index in [-0.39, 0.29) is 17.1 Å². The van der Waals surface area contributed by atoms with Gasteiger partial charge in [-0.3, -0.25) is 4.79 Å². The van der Waals surface area contributed by atoms with Gasteiger partial charge in [-0.25, -0.2) is 27.3 Å². The molecule has 9 heteroatoms. The molecule has 168 valence electrons. The van der Waals surface area contributed by atoms with Crippen LogP contribution in [0.5, 0.6) is 0 Å². The molecule has 0 amide bonds. The van der Waals surface area contributed by atoms with Crippen molar-refractivity contribution in [1.82, 2.24) is 18.9 Å². The maximum atomic E-state index is 13.1. The molecule has 0 aliphatic rings. The standard InChI is InChI=1S/C24H23N5O3S/c1-16-13-23(25)28-17(2)21(16)7-8-22(30)19-9-12-29(15-19)33(31,32)20-6-3-5-18(14-20)24-26-10-4-11-27-24/h3-6,9-15H,7-8H2,1-2H3,(H2,25,28). The second-order valence-electron chi connectivity index (χ2n) is 7.69. The summed E-state index contributed by atoms with van der Waals surface area (Å²) in [6.07, 6.45) is 6.66. The number of benzene rings is 1. The average Bonchev–Trinajstić information content (AvgIpc) is 3.30. The third kappa shape index (κ3) is 4.68. The molecule has 1 aromatic carbocycles. The van der Waals surface area contributed by atoms with Crippen LogP contribution in [0.1, 0.15) is 33.6 Å². The number of nitrogens with zero attached hydrogens (tertiary/aromatic N) is 4. The molecule has 0 fully saturated rings. The van der Waals surface area contributed by atoms with E-state index in [2.05, 4.69) is 15.0 Å². The number of ketones is 1. The summed E-state index contributed by atoms with van der Waals surface area (Å²) in [5, 5.41) is 0. The number of nitrogens with two attached hydrogens (primary N) is 1. The zero-order chi connectivity index (χ0) is 23.6. The summed E-state index contributed by atoms with van der Waals surface area (Å²) in [6.45, 7) is 3.79. The van der Waals surface area contributed by atoms with Crippen LogP contribution < -0.4 is 5.73 Å². The van der Waals surface area contributed by atoms with Crippen molar-refractivity contribution in [3.8, 4) is 11.4 Å². The second kappa shape index (κ2) is 8.95. The Balaban J connectivity index is 1.54. The van der Waals surface area contributed by atoms with E-state index in [0.29, 0.717) is 29.2 Å². The molecule has 3 heterocycles. The van der Waals surface area contributed by atoms with Crippen LogP contribution in [0.2, 0.25) is 0 Å². The van der Waals surface area contributed by atoms with Crippen LogP contribution in [0.25, 0.3) is 11.4 Å². The molecule has 0 bridgehead atoms. The van der Waals surface area contributed by atoms with Gasteiger partial charge in [-0.15, -0.1) is 0 Å². The van der Waals surface area contributed by atoms with Crippen molar-refractivity contribution in [1.29, 1.82) is 0 Å². The summed E-state index contributed by atoms with van der Waals surface area (Å²) in [7, 11) is -3.88. The number of carbonyl (C=O) groups is 1. The smallest absolute Gasteiger partial charge is 0.267 e. The largest absolute Gasteiger partial charge is 0.384 e. The molecule has 4 aromatic rings. The summed E-state index contributed by atoms with van der Waals surface area (Å²) in [6, 6.07) is 11.4. The Hall–Kier alpha value is -3.85. The third-order valence-electron chi connectivity index (χ3n) is 5.40. The summed E-state index contributed by atoms with van der Waals surface area (Å²) < 4.78 is 27.4. The van der Waals surface area contributed by atoms with Crippen molar-refractivity contribution in [2.75, 3.05) is 5.73 Å². The maximum Gasteiger partial charge on any atom is 0.267 e. The van der Waals surface area contributed by atoms with Crippen molar-refractivity contribution in [3.63, 3.8) is 0 Å². The number of hydrogen-bond donors (Lipinski definition) is 1. The molecule has 0 atom stereocenters. The predicted molar refractivity (Wildman–Crippen MR) is 125 cm³/mol. The van der Waals surface area contributed by atoms with Gasteiger partial charge in [0.1, 0.15) is 5.82 Å². The lowest BCUT2D eigenvalue weighted by atomic mass is 10.00. The Morgan fingerprint density at radius 3 is 2.55 bits per heavy atom. The van der Waals surface area contributed by atoms with E-state index < -0.39 is 10.0 Å². The summed E-state index contributed by atoms with van der Waals surface area (Å²) in [4.78, 5) is 25.4. The Labute approximate surface area is 192 Å². The third-order valence-corrected chi connectivity index (χ3v) is 7.03. The van der Waals surface area contributed by atoms with E-state index in [1.54, 1.807) is 36.7 Å². The first-order chi connectivity index (χ1) is 15.8. The van der Waals surface area contributed by atoms with Crippen LogP contribution in [0, 0.1) is 13.8 Å². The Kier molecular flexibility index (Phi) is 6.06. The van der Waals surface area contributed by atoms with Crippen molar-refractivity contribution in [2.45, 2.75) is 31.6 Å². The minimum Gasteiger partial charge on any atom is -0.384 e. The number of carbonyl (C=O) groups excluding carboxylic acids is 1. The van der Waals surface area contributed by atoms with Gasteiger partial charge in [-0.05, 0) is 61.7 Å². The van der Waals surface area contributed by atoms with Gasteiger partial charge < -0.3 is 5.73 Å². The number of rotatable bonds is 7. The zero-order valence-corrected chi connectivity index (χ0v) is 19.1. The number of Topliss-reactive ketones (excluding diaryl/α,β-unsaturated/α-hetero) is 1. The van der Waals surface area contributed by atoms with Gasteiger partial charge >= 0.3 is 0 Å². The van der Waals surface area contributed by atoms with E-state index in [9.17, 15) is 13.2 Å². The molecule has 0 spiro atoms.